The summed E-state index contributed by atoms with van der Waals surface area (Å²) in [5.41, 5.74) is 5.94. The molecular weight excluding hydrogens is 376 g/mol. The number of fused-ring (bicyclic) bond motifs is 1. The van der Waals surface area contributed by atoms with Crippen LogP contribution in [0.2, 0.25) is 0 Å². The monoisotopic (exact) mass is 402 g/mol. The van der Waals surface area contributed by atoms with Gasteiger partial charge in [0.2, 0.25) is 0 Å². The highest BCUT2D eigenvalue weighted by atomic mass is 16.5. The molecule has 30 heavy (non-hydrogen) atoms. The minimum atomic E-state index is -1.77. The zero-order chi connectivity index (χ0) is 22.3. The Bertz CT molecular complexity index is 1040. The molecule has 0 unspecified atom stereocenters. The molecule has 0 fully saturated rings. The van der Waals surface area contributed by atoms with Crippen molar-refractivity contribution >= 4 is 0 Å². The van der Waals surface area contributed by atoms with Crippen LogP contribution in [0.1, 0.15) is 45.1 Å². The first-order valence-corrected chi connectivity index (χ1v) is 9.95. The zero-order valence-corrected chi connectivity index (χ0v) is 17.7. The Morgan fingerprint density at radius 2 is 1.87 bits per heavy atom. The Labute approximate surface area is 177 Å². The third-order valence-corrected chi connectivity index (χ3v) is 6.69. The summed E-state index contributed by atoms with van der Waals surface area (Å²) in [5.74, 6) is -0.584. The van der Waals surface area contributed by atoms with Gasteiger partial charge in [-0.2, -0.15) is 15.8 Å². The van der Waals surface area contributed by atoms with Gasteiger partial charge in [-0.05, 0) is 41.7 Å². The van der Waals surface area contributed by atoms with Gasteiger partial charge in [0.05, 0.1) is 30.5 Å². The summed E-state index contributed by atoms with van der Waals surface area (Å²) in [6, 6.07) is 11.4. The number of phenolic OH excluding ortho intramolecular Hbond substituents is 1. The van der Waals surface area contributed by atoms with E-state index in [1.165, 1.54) is 7.11 Å². The van der Waals surface area contributed by atoms with Crippen molar-refractivity contribution in [1.82, 2.24) is 0 Å². The smallest absolute Gasteiger partial charge is 0.191 e. The summed E-state index contributed by atoms with van der Waals surface area (Å²) in [4.78, 5) is 0. The molecule has 2 aliphatic carbocycles. The first-order chi connectivity index (χ1) is 14.2. The number of benzene rings is 1. The molecule has 0 saturated heterocycles. The molecule has 2 aliphatic rings. The molecule has 0 spiro atoms. The lowest BCUT2D eigenvalue weighted by Gasteiger charge is -2.47. The van der Waals surface area contributed by atoms with Gasteiger partial charge in [-0.15, -0.1) is 0 Å². The fourth-order valence-electron chi connectivity index (χ4n) is 4.90. The summed E-state index contributed by atoms with van der Waals surface area (Å²) in [5, 5.41) is 41.1. The summed E-state index contributed by atoms with van der Waals surface area (Å²) in [6.07, 6.45) is 3.50. The molecular formula is C24H26N4O2. The minimum absolute atomic E-state index is 0.00443. The standard InChI is InChI=1S/C24H26N4O2/c1-23(2,3)14-8-9-15-17(10-14)20(16-6-5-7-19(30-4)21(16)29)24(12-26,13-27)22(28)18(15)11-25/h5-7,9,14,17,20,29H,8,10,28H2,1-4H3/t14-,17+,20+/m1/s1. The lowest BCUT2D eigenvalue weighted by atomic mass is 9.54. The Morgan fingerprint density at radius 3 is 2.40 bits per heavy atom. The molecule has 6 heteroatoms. The number of phenols is 1. The average molecular weight is 402 g/mol. The van der Waals surface area contributed by atoms with Gasteiger partial charge in [0.1, 0.15) is 6.07 Å². The third-order valence-electron chi connectivity index (χ3n) is 6.69. The van der Waals surface area contributed by atoms with Crippen molar-refractivity contribution in [3.63, 3.8) is 0 Å². The summed E-state index contributed by atoms with van der Waals surface area (Å²) in [6.45, 7) is 6.48. The van der Waals surface area contributed by atoms with Gasteiger partial charge in [0, 0.05) is 11.5 Å². The van der Waals surface area contributed by atoms with Crippen LogP contribution in [0.25, 0.3) is 0 Å². The molecule has 0 aromatic heterocycles. The highest BCUT2D eigenvalue weighted by Crippen LogP contribution is 2.59. The van der Waals surface area contributed by atoms with E-state index in [0.717, 1.165) is 12.0 Å². The number of ether oxygens (including phenoxy) is 1. The molecule has 1 aromatic rings. The van der Waals surface area contributed by atoms with E-state index in [1.807, 2.05) is 6.08 Å². The molecule has 0 bridgehead atoms. The topological polar surface area (TPSA) is 127 Å². The number of nitrogens with two attached hydrogens (primary N) is 1. The Kier molecular flexibility index (Phi) is 5.27. The molecule has 1 aromatic carbocycles. The van der Waals surface area contributed by atoms with Gasteiger partial charge >= 0.3 is 0 Å². The van der Waals surface area contributed by atoms with Crippen LogP contribution < -0.4 is 10.5 Å². The fourth-order valence-corrected chi connectivity index (χ4v) is 4.90. The predicted molar refractivity (Wildman–Crippen MR) is 112 cm³/mol. The second kappa shape index (κ2) is 7.43. The minimum Gasteiger partial charge on any atom is -0.504 e. The van der Waals surface area contributed by atoms with Gasteiger partial charge in [-0.1, -0.05) is 39.0 Å². The summed E-state index contributed by atoms with van der Waals surface area (Å²) in [7, 11) is 1.45. The predicted octanol–water partition coefficient (Wildman–Crippen LogP) is 4.27. The first-order valence-electron chi connectivity index (χ1n) is 9.95. The number of para-hydroxylation sites is 1. The normalized spacial score (nSPS) is 25.2. The average Bonchev–Trinajstić information content (AvgIpc) is 2.72. The van der Waals surface area contributed by atoms with Crippen LogP contribution in [0.15, 0.2) is 41.1 Å². The van der Waals surface area contributed by atoms with E-state index in [0.29, 0.717) is 12.0 Å². The van der Waals surface area contributed by atoms with Gasteiger partial charge in [-0.3, -0.25) is 0 Å². The van der Waals surface area contributed by atoms with Crippen molar-refractivity contribution in [2.24, 2.45) is 28.4 Å². The maximum absolute atomic E-state index is 10.9. The van der Waals surface area contributed by atoms with Gasteiger partial charge in [0.15, 0.2) is 16.9 Å². The molecule has 0 amide bonds. The highest BCUT2D eigenvalue weighted by molar-refractivity contribution is 5.61. The fraction of sp³-hybridized carbons (Fsp3) is 0.458. The van der Waals surface area contributed by atoms with Crippen molar-refractivity contribution in [3.8, 4) is 29.7 Å². The number of rotatable bonds is 2. The maximum Gasteiger partial charge on any atom is 0.191 e. The number of methoxy groups -OCH3 is 1. The van der Waals surface area contributed by atoms with Crippen LogP contribution >= 0.6 is 0 Å². The second-order valence-electron chi connectivity index (χ2n) is 9.11. The third kappa shape index (κ3) is 2.99. The van der Waals surface area contributed by atoms with Crippen molar-refractivity contribution in [2.45, 2.75) is 39.5 Å². The number of nitrogens with zero attached hydrogens (tertiary/aromatic N) is 3. The second-order valence-corrected chi connectivity index (χ2v) is 9.11. The number of hydrogen-bond acceptors (Lipinski definition) is 6. The Hall–Kier alpha value is -3.43. The molecule has 3 N–H and O–H groups in total. The lowest BCUT2D eigenvalue weighted by molar-refractivity contribution is 0.169. The molecule has 3 rings (SSSR count). The van der Waals surface area contributed by atoms with Gasteiger partial charge in [-0.25, -0.2) is 0 Å². The molecule has 0 aliphatic heterocycles. The molecule has 0 radical (unpaired) electrons. The number of aromatic hydroxyl groups is 1. The summed E-state index contributed by atoms with van der Waals surface area (Å²) >= 11 is 0. The zero-order valence-electron chi connectivity index (χ0n) is 17.7. The van der Waals surface area contributed by atoms with E-state index >= 15 is 0 Å². The van der Waals surface area contributed by atoms with E-state index < -0.39 is 11.3 Å². The van der Waals surface area contributed by atoms with E-state index in [-0.39, 0.29) is 40.0 Å². The SMILES string of the molecule is COc1cccc([C@H]2[C@H]3C[C@H](C(C)(C)C)CC=C3C(C#N)=C(N)C2(C#N)C#N)c1O. The van der Waals surface area contributed by atoms with Crippen LogP contribution in [0.5, 0.6) is 11.5 Å². The van der Waals surface area contributed by atoms with Crippen LogP contribution in [-0.2, 0) is 0 Å². The first kappa shape index (κ1) is 21.3. The molecule has 3 atom stereocenters. The number of hydrogen-bond donors (Lipinski definition) is 2. The van der Waals surface area contributed by atoms with Crippen LogP contribution in [0, 0.1) is 56.7 Å². The highest BCUT2D eigenvalue weighted by Gasteiger charge is 2.55. The van der Waals surface area contributed by atoms with Crippen molar-refractivity contribution in [1.29, 1.82) is 15.8 Å². The Morgan fingerprint density at radius 1 is 1.20 bits per heavy atom. The van der Waals surface area contributed by atoms with Gasteiger partial charge in [0.25, 0.3) is 0 Å². The van der Waals surface area contributed by atoms with E-state index in [2.05, 4.69) is 39.0 Å². The van der Waals surface area contributed by atoms with Crippen molar-refractivity contribution in [2.75, 3.05) is 7.11 Å². The quantitative estimate of drug-likeness (QED) is 0.760. The van der Waals surface area contributed by atoms with Crippen LogP contribution in [0.4, 0.5) is 0 Å². The largest absolute Gasteiger partial charge is 0.504 e. The number of nitriles is 3. The lowest BCUT2D eigenvalue weighted by Crippen LogP contribution is -2.44. The van der Waals surface area contributed by atoms with Crippen molar-refractivity contribution in [3.05, 3.63) is 46.7 Å². The van der Waals surface area contributed by atoms with E-state index in [1.54, 1.807) is 18.2 Å². The van der Waals surface area contributed by atoms with Crippen molar-refractivity contribution < 1.29 is 9.84 Å². The van der Waals surface area contributed by atoms with Crippen LogP contribution in [-0.4, -0.2) is 12.2 Å². The molecule has 0 heterocycles. The van der Waals surface area contributed by atoms with E-state index in [9.17, 15) is 20.9 Å². The van der Waals surface area contributed by atoms with Crippen LogP contribution in [0.3, 0.4) is 0 Å². The molecule has 0 saturated carbocycles. The summed E-state index contributed by atoms with van der Waals surface area (Å²) < 4.78 is 5.27. The Balaban J connectivity index is 2.35. The molecule has 6 nitrogen and oxygen atoms in total. The van der Waals surface area contributed by atoms with Gasteiger partial charge < -0.3 is 15.6 Å². The number of allylic oxidation sites excluding steroid dienone is 4. The van der Waals surface area contributed by atoms with E-state index in [4.69, 9.17) is 10.5 Å². The maximum atomic E-state index is 10.9. The molecule has 154 valence electrons.